The van der Waals surface area contributed by atoms with Gasteiger partial charge in [0, 0.05) is 17.7 Å². The van der Waals surface area contributed by atoms with Crippen molar-refractivity contribution in [1.82, 2.24) is 14.9 Å². The first-order valence-electron chi connectivity index (χ1n) is 5.46. The van der Waals surface area contributed by atoms with Crippen molar-refractivity contribution in [2.45, 2.75) is 6.92 Å². The molecule has 8 nitrogen and oxygen atoms in total. The third kappa shape index (κ3) is 2.83. The third-order valence-corrected chi connectivity index (χ3v) is 2.68. The van der Waals surface area contributed by atoms with E-state index in [0.29, 0.717) is 5.56 Å². The normalized spacial score (nSPS) is 10.8. The van der Waals surface area contributed by atoms with E-state index in [4.69, 9.17) is 12.2 Å². The summed E-state index contributed by atoms with van der Waals surface area (Å²) < 4.78 is 1.01. The summed E-state index contributed by atoms with van der Waals surface area (Å²) in [4.78, 5) is 21.9. The number of non-ortho nitro benzene ring substituents is 1. The van der Waals surface area contributed by atoms with Crippen LogP contribution in [0.5, 0.6) is 0 Å². The van der Waals surface area contributed by atoms with Crippen LogP contribution in [-0.4, -0.2) is 26.0 Å². The highest BCUT2D eigenvalue weighted by atomic mass is 32.1. The van der Waals surface area contributed by atoms with E-state index < -0.39 is 10.5 Å². The van der Waals surface area contributed by atoms with Gasteiger partial charge < -0.3 is 0 Å². The Morgan fingerprint density at radius 1 is 1.55 bits per heavy atom. The number of H-pyrrole nitrogens is 1. The number of aromatic amines is 1. The van der Waals surface area contributed by atoms with Gasteiger partial charge in [0.25, 0.3) is 11.2 Å². The molecule has 0 fully saturated rings. The molecule has 2 aromatic rings. The molecule has 0 saturated carbocycles. The van der Waals surface area contributed by atoms with Crippen LogP contribution < -0.4 is 5.56 Å². The topological polar surface area (TPSA) is 106 Å². The molecule has 0 aliphatic rings. The predicted molar refractivity (Wildman–Crippen MR) is 74.5 cm³/mol. The van der Waals surface area contributed by atoms with E-state index in [-0.39, 0.29) is 16.2 Å². The van der Waals surface area contributed by atoms with Gasteiger partial charge >= 0.3 is 0 Å². The van der Waals surface area contributed by atoms with Gasteiger partial charge in [0.05, 0.1) is 11.1 Å². The van der Waals surface area contributed by atoms with Crippen LogP contribution in [0.15, 0.2) is 34.2 Å². The number of hydrogen-bond acceptors (Lipinski definition) is 6. The van der Waals surface area contributed by atoms with Gasteiger partial charge in [-0.15, -0.1) is 0 Å². The molecule has 20 heavy (non-hydrogen) atoms. The van der Waals surface area contributed by atoms with E-state index in [1.807, 2.05) is 0 Å². The van der Waals surface area contributed by atoms with Crippen molar-refractivity contribution >= 4 is 24.1 Å². The summed E-state index contributed by atoms with van der Waals surface area (Å²) in [5.41, 5.74) is 0.192. The minimum Gasteiger partial charge on any atom is -0.265 e. The molecule has 1 aromatic carbocycles. The smallest absolute Gasteiger partial charge is 0.265 e. The Balaban J connectivity index is 2.42. The Morgan fingerprint density at radius 3 is 3.00 bits per heavy atom. The summed E-state index contributed by atoms with van der Waals surface area (Å²) in [7, 11) is 0. The van der Waals surface area contributed by atoms with E-state index in [0.717, 1.165) is 4.68 Å². The van der Waals surface area contributed by atoms with Crippen LogP contribution in [-0.2, 0) is 0 Å². The first-order chi connectivity index (χ1) is 9.49. The summed E-state index contributed by atoms with van der Waals surface area (Å²) in [6.07, 6.45) is 1.32. The highest BCUT2D eigenvalue weighted by Crippen LogP contribution is 2.11. The van der Waals surface area contributed by atoms with Gasteiger partial charge in [-0.2, -0.15) is 14.9 Å². The number of aromatic nitrogens is 3. The van der Waals surface area contributed by atoms with Crippen LogP contribution in [0.25, 0.3) is 0 Å². The number of aryl methyl sites for hydroxylation is 1. The molecule has 1 heterocycles. The lowest BCUT2D eigenvalue weighted by atomic mass is 10.2. The number of rotatable bonds is 3. The number of nitrogens with zero attached hydrogens (tertiary/aromatic N) is 4. The molecule has 0 aliphatic heterocycles. The quantitative estimate of drug-likeness (QED) is 0.398. The van der Waals surface area contributed by atoms with Crippen LogP contribution in [0.3, 0.4) is 0 Å². The molecular weight excluding hydrogens is 282 g/mol. The van der Waals surface area contributed by atoms with Crippen LogP contribution in [0.4, 0.5) is 5.69 Å². The van der Waals surface area contributed by atoms with E-state index in [1.165, 1.54) is 31.3 Å². The van der Waals surface area contributed by atoms with Gasteiger partial charge in [0.1, 0.15) is 5.69 Å². The van der Waals surface area contributed by atoms with E-state index in [1.54, 1.807) is 6.07 Å². The van der Waals surface area contributed by atoms with Crippen molar-refractivity contribution in [3.05, 3.63) is 60.8 Å². The van der Waals surface area contributed by atoms with Gasteiger partial charge in [0.2, 0.25) is 4.77 Å². The molecule has 0 spiro atoms. The summed E-state index contributed by atoms with van der Waals surface area (Å²) in [5.74, 6) is 0. The molecule has 1 aromatic heterocycles. The first-order valence-corrected chi connectivity index (χ1v) is 5.87. The largest absolute Gasteiger partial charge is 0.296 e. The maximum absolute atomic E-state index is 11.8. The van der Waals surface area contributed by atoms with Crippen LogP contribution in [0.1, 0.15) is 11.3 Å². The minimum absolute atomic E-state index is 0.0438. The Morgan fingerprint density at radius 2 is 2.30 bits per heavy atom. The molecule has 102 valence electrons. The molecule has 2 rings (SSSR count). The average Bonchev–Trinajstić information content (AvgIpc) is 2.43. The Kier molecular flexibility index (Phi) is 3.80. The first kappa shape index (κ1) is 13.7. The third-order valence-electron chi connectivity index (χ3n) is 2.42. The molecule has 0 unspecified atom stereocenters. The predicted octanol–water partition coefficient (Wildman–Crippen LogP) is 1.40. The minimum atomic E-state index is -0.508. The van der Waals surface area contributed by atoms with Gasteiger partial charge in [-0.25, -0.2) is 0 Å². The average molecular weight is 291 g/mol. The van der Waals surface area contributed by atoms with Crippen molar-refractivity contribution in [1.29, 1.82) is 0 Å². The van der Waals surface area contributed by atoms with E-state index in [2.05, 4.69) is 15.3 Å². The van der Waals surface area contributed by atoms with Crippen LogP contribution >= 0.6 is 12.2 Å². The number of nitro groups is 1. The molecule has 0 radical (unpaired) electrons. The van der Waals surface area contributed by atoms with E-state index in [9.17, 15) is 14.9 Å². The molecule has 0 bridgehead atoms. The lowest BCUT2D eigenvalue weighted by Gasteiger charge is -1.99. The lowest BCUT2D eigenvalue weighted by molar-refractivity contribution is -0.384. The molecule has 0 saturated heterocycles. The fraction of sp³-hybridized carbons (Fsp3) is 0.0909. The van der Waals surface area contributed by atoms with Crippen molar-refractivity contribution < 1.29 is 4.92 Å². The molecule has 1 N–H and O–H groups in total. The van der Waals surface area contributed by atoms with Gasteiger partial charge in [0.15, 0.2) is 0 Å². The SMILES string of the molecule is Cc1n[nH]c(=S)n(N=Cc2cccc([N+](=O)[O-])c2)c1=O. The second kappa shape index (κ2) is 5.53. The molecule has 0 amide bonds. The highest BCUT2D eigenvalue weighted by molar-refractivity contribution is 7.71. The summed E-state index contributed by atoms with van der Waals surface area (Å²) >= 11 is 4.90. The van der Waals surface area contributed by atoms with Gasteiger partial charge in [-0.05, 0) is 19.1 Å². The second-order valence-corrected chi connectivity index (χ2v) is 4.21. The lowest BCUT2D eigenvalue weighted by Crippen LogP contribution is -2.22. The Labute approximate surface area is 117 Å². The number of benzene rings is 1. The number of hydrogen-bond donors (Lipinski definition) is 1. The molecule has 0 atom stereocenters. The molecule has 0 aliphatic carbocycles. The van der Waals surface area contributed by atoms with Gasteiger partial charge in [-0.3, -0.25) is 20.0 Å². The van der Waals surface area contributed by atoms with E-state index >= 15 is 0 Å². The van der Waals surface area contributed by atoms with Crippen molar-refractivity contribution in [2.24, 2.45) is 5.10 Å². The summed E-state index contributed by atoms with van der Waals surface area (Å²) in [5, 5.41) is 20.8. The highest BCUT2D eigenvalue weighted by Gasteiger charge is 2.05. The summed E-state index contributed by atoms with van der Waals surface area (Å²) in [6, 6.07) is 5.87. The maximum Gasteiger partial charge on any atom is 0.296 e. The van der Waals surface area contributed by atoms with Crippen molar-refractivity contribution in [3.63, 3.8) is 0 Å². The zero-order chi connectivity index (χ0) is 14.7. The zero-order valence-electron chi connectivity index (χ0n) is 10.3. The number of nitro benzene ring substituents is 1. The monoisotopic (exact) mass is 291 g/mol. The van der Waals surface area contributed by atoms with Crippen molar-refractivity contribution in [2.75, 3.05) is 0 Å². The van der Waals surface area contributed by atoms with Crippen LogP contribution in [0.2, 0.25) is 0 Å². The second-order valence-electron chi connectivity index (χ2n) is 3.83. The fourth-order valence-corrected chi connectivity index (χ4v) is 1.60. The molecular formula is C11H9N5O3S. The Bertz CT molecular complexity index is 808. The number of nitrogens with one attached hydrogen (secondary N) is 1. The fourth-order valence-electron chi connectivity index (χ4n) is 1.42. The maximum atomic E-state index is 11.8. The van der Waals surface area contributed by atoms with Crippen molar-refractivity contribution in [3.8, 4) is 0 Å². The summed E-state index contributed by atoms with van der Waals surface area (Å²) in [6.45, 7) is 1.52. The standard InChI is InChI=1S/C11H9N5O3S/c1-7-10(17)15(11(20)14-13-7)12-6-8-3-2-4-9(5-8)16(18)19/h2-6H,1H3,(H,14,20). The Hall–Kier alpha value is -2.68. The molecule has 9 heteroatoms. The zero-order valence-corrected chi connectivity index (χ0v) is 11.1. The van der Waals surface area contributed by atoms with Gasteiger partial charge in [-0.1, -0.05) is 12.1 Å². The van der Waals surface area contributed by atoms with Crippen LogP contribution in [0, 0.1) is 21.8 Å².